The molecule has 0 saturated carbocycles. The number of nitrogens with one attached hydrogen (secondary N) is 1. The maximum atomic E-state index is 14.2. The molecule has 2 N–H and O–H groups in total. The molecule has 4 aromatic rings. The van der Waals surface area contributed by atoms with Crippen LogP contribution in [0.25, 0.3) is 11.1 Å². The van der Waals surface area contributed by atoms with Gasteiger partial charge in [-0.15, -0.1) is 0 Å². The number of carbonyl (C=O) groups excluding carboxylic acids is 1. The topological polar surface area (TPSA) is 80.3 Å². The Hall–Kier alpha value is -4.20. The molecular weight excluding hydrogens is 647 g/mol. The van der Waals surface area contributed by atoms with E-state index in [1.54, 1.807) is 18.2 Å². The van der Waals surface area contributed by atoms with Crippen molar-refractivity contribution in [1.29, 1.82) is 0 Å². The lowest BCUT2D eigenvalue weighted by Crippen LogP contribution is -2.47. The summed E-state index contributed by atoms with van der Waals surface area (Å²) in [6, 6.07) is 22.3. The van der Waals surface area contributed by atoms with Gasteiger partial charge in [-0.1, -0.05) is 67.6 Å². The summed E-state index contributed by atoms with van der Waals surface area (Å²) >= 11 is 0. The first kappa shape index (κ1) is 34.7. The fourth-order valence-corrected chi connectivity index (χ4v) is 6.17. The summed E-state index contributed by atoms with van der Waals surface area (Å²) < 4.78 is 87.8. The molecular formula is C37H35F5N2O5. The highest BCUT2D eigenvalue weighted by Gasteiger charge is 2.39. The number of halogens is 5. The minimum absolute atomic E-state index is 0.0130. The van der Waals surface area contributed by atoms with Crippen LogP contribution in [0.3, 0.4) is 0 Å². The predicted molar refractivity (Wildman–Crippen MR) is 170 cm³/mol. The van der Waals surface area contributed by atoms with Gasteiger partial charge in [0.1, 0.15) is 5.56 Å². The number of hydrogen-bond donors (Lipinski definition) is 2. The van der Waals surface area contributed by atoms with E-state index in [0.29, 0.717) is 25.3 Å². The number of carbonyl (C=O) groups is 1. The number of rotatable bonds is 9. The summed E-state index contributed by atoms with van der Waals surface area (Å²) in [5, 5.41) is 11.8. The number of benzene rings is 4. The largest absolute Gasteiger partial charge is 0.392 e. The van der Waals surface area contributed by atoms with Gasteiger partial charge < -0.3 is 24.6 Å². The third-order valence-corrected chi connectivity index (χ3v) is 8.97. The van der Waals surface area contributed by atoms with Crippen LogP contribution in [0.1, 0.15) is 51.9 Å². The molecule has 4 atom stereocenters. The molecule has 0 bridgehead atoms. The van der Waals surface area contributed by atoms with Crippen LogP contribution in [0.5, 0.6) is 0 Å². The van der Waals surface area contributed by atoms with Gasteiger partial charge in [-0.05, 0) is 39.9 Å². The second-order valence-corrected chi connectivity index (χ2v) is 12.2. The Morgan fingerprint density at radius 3 is 2.10 bits per heavy atom. The van der Waals surface area contributed by atoms with Gasteiger partial charge in [-0.3, -0.25) is 9.69 Å². The van der Waals surface area contributed by atoms with Crippen molar-refractivity contribution in [2.45, 2.75) is 38.6 Å². The van der Waals surface area contributed by atoms with Crippen molar-refractivity contribution in [3.8, 4) is 11.1 Å². The first-order valence-corrected chi connectivity index (χ1v) is 15.9. The van der Waals surface area contributed by atoms with Crippen molar-refractivity contribution < 1.29 is 46.1 Å². The number of morpholine rings is 1. The van der Waals surface area contributed by atoms with E-state index in [-0.39, 0.29) is 31.3 Å². The molecule has 2 aliphatic rings. The Bertz CT molecular complexity index is 1770. The van der Waals surface area contributed by atoms with Gasteiger partial charge in [0.25, 0.3) is 5.91 Å². The lowest BCUT2D eigenvalue weighted by molar-refractivity contribution is -0.277. The van der Waals surface area contributed by atoms with Gasteiger partial charge >= 0.3 is 0 Å². The van der Waals surface area contributed by atoms with Crippen molar-refractivity contribution in [3.63, 3.8) is 0 Å². The van der Waals surface area contributed by atoms with E-state index in [4.69, 9.17) is 14.2 Å². The summed E-state index contributed by atoms with van der Waals surface area (Å²) in [6.45, 7) is 5.46. The van der Waals surface area contributed by atoms with E-state index in [1.165, 1.54) is 0 Å². The second kappa shape index (κ2) is 15.1. The first-order chi connectivity index (χ1) is 23.6. The van der Waals surface area contributed by atoms with Gasteiger partial charge in [0, 0.05) is 37.7 Å². The molecule has 0 spiro atoms. The fourth-order valence-electron chi connectivity index (χ4n) is 6.17. The normalized spacial score (nSPS) is 21.4. The van der Waals surface area contributed by atoms with Crippen LogP contribution in [0.2, 0.25) is 0 Å². The number of nitrogens with zero attached hydrogens (tertiary/aromatic N) is 1. The maximum absolute atomic E-state index is 14.2. The summed E-state index contributed by atoms with van der Waals surface area (Å²) in [4.78, 5) is 14.8. The SMILES string of the molecule is C[C@H]1[C@@H](CN2CCOCC2)O[C@@H](c2cccc(-c3cccc(CNC(=O)c4c(F)c(F)c(F)c(F)c4F)c3)c2)O[C@H]1c1ccc(CO)cc1. The minimum atomic E-state index is -2.33. The van der Waals surface area contributed by atoms with Gasteiger partial charge in [-0.2, -0.15) is 0 Å². The monoisotopic (exact) mass is 682 g/mol. The van der Waals surface area contributed by atoms with Gasteiger partial charge in [0.15, 0.2) is 29.6 Å². The third-order valence-electron chi connectivity index (χ3n) is 8.97. The number of hydrogen-bond acceptors (Lipinski definition) is 6. The highest BCUT2D eigenvalue weighted by molar-refractivity contribution is 5.94. The molecule has 2 fully saturated rings. The minimum Gasteiger partial charge on any atom is -0.392 e. The molecule has 2 saturated heterocycles. The number of ether oxygens (including phenoxy) is 3. The summed E-state index contributed by atoms with van der Waals surface area (Å²) in [5.41, 5.74) is 3.07. The van der Waals surface area contributed by atoms with Crippen LogP contribution in [0, 0.1) is 35.0 Å². The molecule has 258 valence electrons. The number of aliphatic hydroxyl groups excluding tert-OH is 1. The lowest BCUT2D eigenvalue weighted by Gasteiger charge is -2.43. The quantitative estimate of drug-likeness (QED) is 0.118. The molecule has 12 heteroatoms. The Balaban J connectivity index is 1.22. The molecule has 2 heterocycles. The summed E-state index contributed by atoms with van der Waals surface area (Å²) in [6.07, 6.45) is -1.15. The molecule has 0 aromatic heterocycles. The Labute approximate surface area is 280 Å². The highest BCUT2D eigenvalue weighted by Crippen LogP contribution is 2.42. The van der Waals surface area contributed by atoms with Gasteiger partial charge in [-0.25, -0.2) is 22.0 Å². The third kappa shape index (κ3) is 7.53. The van der Waals surface area contributed by atoms with Crippen LogP contribution in [-0.4, -0.2) is 54.9 Å². The van der Waals surface area contributed by atoms with Crippen molar-refractivity contribution in [2.24, 2.45) is 5.92 Å². The molecule has 4 aromatic carbocycles. The molecule has 0 aliphatic carbocycles. The molecule has 49 heavy (non-hydrogen) atoms. The van der Waals surface area contributed by atoms with Crippen LogP contribution < -0.4 is 5.32 Å². The van der Waals surface area contributed by atoms with E-state index >= 15 is 0 Å². The van der Waals surface area contributed by atoms with Crippen LogP contribution in [0.4, 0.5) is 22.0 Å². The molecule has 0 unspecified atom stereocenters. The van der Waals surface area contributed by atoms with Crippen molar-refractivity contribution >= 4 is 5.91 Å². The Morgan fingerprint density at radius 1 is 0.796 bits per heavy atom. The van der Waals surface area contributed by atoms with Crippen molar-refractivity contribution in [2.75, 3.05) is 32.8 Å². The highest BCUT2D eigenvalue weighted by atomic mass is 19.2. The van der Waals surface area contributed by atoms with E-state index < -0.39 is 46.8 Å². The van der Waals surface area contributed by atoms with E-state index in [0.717, 1.165) is 40.9 Å². The molecule has 2 aliphatic heterocycles. The molecule has 0 radical (unpaired) electrons. The summed E-state index contributed by atoms with van der Waals surface area (Å²) in [7, 11) is 0. The average molecular weight is 683 g/mol. The Kier molecular flexibility index (Phi) is 10.7. The van der Waals surface area contributed by atoms with E-state index in [2.05, 4.69) is 17.1 Å². The second-order valence-electron chi connectivity index (χ2n) is 12.2. The van der Waals surface area contributed by atoms with Crippen molar-refractivity contribution in [1.82, 2.24) is 10.2 Å². The molecule has 7 nitrogen and oxygen atoms in total. The predicted octanol–water partition coefficient (Wildman–Crippen LogP) is 6.60. The van der Waals surface area contributed by atoms with Gasteiger partial charge in [0.05, 0.1) is 32.0 Å². The number of amides is 1. The first-order valence-electron chi connectivity index (χ1n) is 15.9. The fraction of sp³-hybridized carbons (Fsp3) is 0.324. The molecule has 1 amide bonds. The lowest BCUT2D eigenvalue weighted by atomic mass is 9.89. The van der Waals surface area contributed by atoms with Crippen molar-refractivity contribution in [3.05, 3.63) is 130 Å². The smallest absolute Gasteiger partial charge is 0.257 e. The number of aliphatic hydroxyl groups is 1. The standard InChI is InChI=1S/C37H35F5N2O5/c1-21-28(19-44-12-14-47-15-13-44)48-37(49-35(21)24-10-8-22(20-45)9-11-24)27-7-3-6-26(17-27)25-5-2-4-23(16-25)18-43-36(46)29-30(38)32(40)34(42)33(41)31(29)39/h2-11,16-17,21,28,35,37,45H,12-15,18-20H2,1H3,(H,43,46)/t21-,28+,35+,37+/m0/s1. The van der Waals surface area contributed by atoms with E-state index in [9.17, 15) is 31.9 Å². The zero-order chi connectivity index (χ0) is 34.7. The van der Waals surface area contributed by atoms with Gasteiger partial charge in [0.2, 0.25) is 5.82 Å². The van der Waals surface area contributed by atoms with Crippen LogP contribution in [0.15, 0.2) is 72.8 Å². The van der Waals surface area contributed by atoms with Crippen LogP contribution >= 0.6 is 0 Å². The average Bonchev–Trinajstić information content (AvgIpc) is 3.14. The zero-order valence-corrected chi connectivity index (χ0v) is 26.6. The molecule has 6 rings (SSSR count). The summed E-state index contributed by atoms with van der Waals surface area (Å²) in [5.74, 6) is -12.5. The zero-order valence-electron chi connectivity index (χ0n) is 26.6. The maximum Gasteiger partial charge on any atom is 0.257 e. The van der Waals surface area contributed by atoms with E-state index in [1.807, 2.05) is 54.6 Å². The van der Waals surface area contributed by atoms with Crippen LogP contribution in [-0.2, 0) is 27.4 Å². The Morgan fingerprint density at radius 2 is 1.43 bits per heavy atom.